The molecule has 1 amide bonds. The van der Waals surface area contributed by atoms with Crippen LogP contribution in [0.1, 0.15) is 30.3 Å². The van der Waals surface area contributed by atoms with Crippen LogP contribution in [0.5, 0.6) is 0 Å². The predicted molar refractivity (Wildman–Crippen MR) is 100 cm³/mol. The number of rotatable bonds is 4. The van der Waals surface area contributed by atoms with Crippen LogP contribution in [-0.2, 0) is 16.6 Å². The van der Waals surface area contributed by atoms with Crippen molar-refractivity contribution in [2.45, 2.75) is 18.9 Å². The van der Waals surface area contributed by atoms with Crippen molar-refractivity contribution in [3.8, 4) is 0 Å². The van der Waals surface area contributed by atoms with Crippen molar-refractivity contribution < 1.29 is 9.53 Å². The second-order valence-corrected chi connectivity index (χ2v) is 6.39. The van der Waals surface area contributed by atoms with Gasteiger partial charge in [-0.3, -0.25) is 4.79 Å². The summed E-state index contributed by atoms with van der Waals surface area (Å²) in [5, 5.41) is 3.11. The molecule has 4 rings (SSSR count). The van der Waals surface area contributed by atoms with Crippen LogP contribution < -0.4 is 5.32 Å². The number of allylic oxidation sites excluding steroid dienone is 1. The number of para-hydroxylation sites is 2. The molecule has 1 aliphatic heterocycles. The first-order chi connectivity index (χ1) is 12.7. The Kier molecular flexibility index (Phi) is 4.44. The van der Waals surface area contributed by atoms with E-state index >= 15 is 0 Å². The summed E-state index contributed by atoms with van der Waals surface area (Å²) < 4.78 is 7.55. The average molecular weight is 347 g/mol. The second kappa shape index (κ2) is 7.04. The number of imidazole rings is 1. The molecule has 26 heavy (non-hydrogen) atoms. The van der Waals surface area contributed by atoms with Crippen LogP contribution in [0.3, 0.4) is 0 Å². The van der Waals surface area contributed by atoms with Crippen LogP contribution >= 0.6 is 0 Å². The van der Waals surface area contributed by atoms with Gasteiger partial charge in [0.1, 0.15) is 11.9 Å². The third kappa shape index (κ3) is 3.08. The lowest BCUT2D eigenvalue weighted by Gasteiger charge is -2.21. The van der Waals surface area contributed by atoms with Gasteiger partial charge in [-0.1, -0.05) is 42.5 Å². The van der Waals surface area contributed by atoms with E-state index in [1.54, 1.807) is 0 Å². The van der Waals surface area contributed by atoms with Gasteiger partial charge >= 0.3 is 0 Å². The molecule has 0 saturated heterocycles. The fourth-order valence-corrected chi connectivity index (χ4v) is 3.28. The number of nitrogens with zero attached hydrogens (tertiary/aromatic N) is 2. The van der Waals surface area contributed by atoms with Gasteiger partial charge in [-0.15, -0.1) is 0 Å². The molecule has 5 nitrogen and oxygen atoms in total. The maximum atomic E-state index is 12.7. The number of carbonyl (C=O) groups excluding carboxylic acids is 1. The number of fused-ring (bicyclic) bond motifs is 1. The highest BCUT2D eigenvalue weighted by Gasteiger charge is 2.25. The Morgan fingerprint density at radius 3 is 2.65 bits per heavy atom. The Bertz CT molecular complexity index is 960. The highest BCUT2D eigenvalue weighted by molar-refractivity contribution is 5.92. The summed E-state index contributed by atoms with van der Waals surface area (Å²) in [6.07, 6.45) is 3.67. The first kappa shape index (κ1) is 16.4. The van der Waals surface area contributed by atoms with Crippen LogP contribution in [0.15, 0.2) is 66.4 Å². The average Bonchev–Trinajstić information content (AvgIpc) is 3.04. The number of aromatic nitrogens is 2. The van der Waals surface area contributed by atoms with E-state index < -0.39 is 0 Å². The molecule has 0 aliphatic carbocycles. The van der Waals surface area contributed by atoms with Gasteiger partial charge in [-0.25, -0.2) is 4.98 Å². The monoisotopic (exact) mass is 347 g/mol. The summed E-state index contributed by atoms with van der Waals surface area (Å²) >= 11 is 0. The number of benzene rings is 2. The number of nitrogens with one attached hydrogen (secondary N) is 1. The Morgan fingerprint density at radius 1 is 1.15 bits per heavy atom. The van der Waals surface area contributed by atoms with Gasteiger partial charge in [-0.2, -0.15) is 0 Å². The maximum absolute atomic E-state index is 12.7. The largest absolute Gasteiger partial charge is 0.488 e. The zero-order chi connectivity index (χ0) is 17.9. The van der Waals surface area contributed by atoms with E-state index in [0.717, 1.165) is 35.3 Å². The molecule has 1 N–H and O–H groups in total. The molecule has 2 heterocycles. The van der Waals surface area contributed by atoms with Gasteiger partial charge < -0.3 is 14.6 Å². The lowest BCUT2D eigenvalue weighted by atomic mass is 10.1. The summed E-state index contributed by atoms with van der Waals surface area (Å²) in [6.45, 7) is 0.585. The van der Waals surface area contributed by atoms with Gasteiger partial charge in [0, 0.05) is 7.05 Å². The third-order valence-corrected chi connectivity index (χ3v) is 4.65. The summed E-state index contributed by atoms with van der Waals surface area (Å²) in [6, 6.07) is 17.5. The topological polar surface area (TPSA) is 56.2 Å². The lowest BCUT2D eigenvalue weighted by molar-refractivity contribution is -0.121. The minimum atomic E-state index is -0.354. The summed E-state index contributed by atoms with van der Waals surface area (Å²) in [5.41, 5.74) is 2.93. The van der Waals surface area contributed by atoms with E-state index in [2.05, 4.69) is 5.32 Å². The minimum absolute atomic E-state index is 0.203. The Balaban J connectivity index is 1.74. The zero-order valence-electron chi connectivity index (χ0n) is 14.7. The first-order valence-electron chi connectivity index (χ1n) is 8.84. The third-order valence-electron chi connectivity index (χ3n) is 4.65. The first-order valence-corrected chi connectivity index (χ1v) is 8.84. The molecule has 0 saturated carbocycles. The fourth-order valence-electron chi connectivity index (χ4n) is 3.28. The number of hydrogen-bond acceptors (Lipinski definition) is 3. The van der Waals surface area contributed by atoms with Crippen molar-refractivity contribution in [2.75, 3.05) is 6.61 Å². The number of carbonyl (C=O) groups is 1. The summed E-state index contributed by atoms with van der Waals surface area (Å²) in [5.74, 6) is 0.990. The van der Waals surface area contributed by atoms with Gasteiger partial charge in [0.15, 0.2) is 5.76 Å². The van der Waals surface area contributed by atoms with Crippen LogP contribution in [-0.4, -0.2) is 22.1 Å². The molecule has 2 aromatic carbocycles. The lowest BCUT2D eigenvalue weighted by Crippen LogP contribution is -2.33. The van der Waals surface area contributed by atoms with Crippen molar-refractivity contribution in [1.82, 2.24) is 14.9 Å². The van der Waals surface area contributed by atoms with E-state index in [4.69, 9.17) is 9.72 Å². The number of amides is 1. The zero-order valence-corrected chi connectivity index (χ0v) is 14.7. The van der Waals surface area contributed by atoms with Crippen molar-refractivity contribution in [2.24, 2.45) is 7.05 Å². The number of aryl methyl sites for hydroxylation is 1. The molecule has 1 atom stereocenters. The quantitative estimate of drug-likeness (QED) is 0.786. The van der Waals surface area contributed by atoms with Gasteiger partial charge in [0.05, 0.1) is 17.6 Å². The number of hydrogen-bond donors (Lipinski definition) is 1. The van der Waals surface area contributed by atoms with E-state index in [9.17, 15) is 4.79 Å². The number of ether oxygens (including phenoxy) is 1. The summed E-state index contributed by atoms with van der Waals surface area (Å²) in [7, 11) is 1.98. The molecule has 132 valence electrons. The highest BCUT2D eigenvalue weighted by atomic mass is 16.5. The van der Waals surface area contributed by atoms with Crippen molar-refractivity contribution in [3.05, 3.63) is 77.8 Å². The van der Waals surface area contributed by atoms with Crippen LogP contribution in [0.2, 0.25) is 0 Å². The molecule has 3 aromatic rings. The Morgan fingerprint density at radius 2 is 1.92 bits per heavy atom. The predicted octanol–water partition coefficient (Wildman–Crippen LogP) is 3.47. The minimum Gasteiger partial charge on any atom is -0.488 e. The van der Waals surface area contributed by atoms with E-state index in [1.165, 1.54) is 0 Å². The molecule has 1 aromatic heterocycles. The molecular formula is C21H21N3O2. The van der Waals surface area contributed by atoms with Crippen molar-refractivity contribution >= 4 is 16.9 Å². The van der Waals surface area contributed by atoms with Gasteiger partial charge in [0.25, 0.3) is 5.91 Å². The molecule has 1 aliphatic rings. The maximum Gasteiger partial charge on any atom is 0.286 e. The molecule has 5 heteroatoms. The van der Waals surface area contributed by atoms with Gasteiger partial charge in [-0.05, 0) is 36.6 Å². The van der Waals surface area contributed by atoms with Crippen LogP contribution in [0.25, 0.3) is 11.0 Å². The van der Waals surface area contributed by atoms with E-state index in [0.29, 0.717) is 12.4 Å². The second-order valence-electron chi connectivity index (χ2n) is 6.39. The molecule has 0 bridgehead atoms. The van der Waals surface area contributed by atoms with E-state index in [-0.39, 0.29) is 11.9 Å². The van der Waals surface area contributed by atoms with Crippen LogP contribution in [0, 0.1) is 0 Å². The normalized spacial score (nSPS) is 15.2. The molecule has 0 fully saturated rings. The van der Waals surface area contributed by atoms with Gasteiger partial charge in [0.2, 0.25) is 0 Å². The molecule has 0 spiro atoms. The summed E-state index contributed by atoms with van der Waals surface area (Å²) in [4.78, 5) is 17.5. The molecule has 0 radical (unpaired) electrons. The van der Waals surface area contributed by atoms with Crippen molar-refractivity contribution in [3.63, 3.8) is 0 Å². The fraction of sp³-hybridized carbons (Fsp3) is 0.238. The smallest absolute Gasteiger partial charge is 0.286 e. The SMILES string of the molecule is Cn1c(C(NC(=O)C2=CCCCO2)c2ccccc2)nc2ccccc21. The standard InChI is InChI=1S/C21H21N3O2/c1-24-17-12-6-5-11-16(17)22-20(24)19(15-9-3-2-4-10-15)23-21(25)18-13-7-8-14-26-18/h2-6,9-13,19H,7-8,14H2,1H3,(H,23,25). The Hall–Kier alpha value is -3.08. The molecule has 1 unspecified atom stereocenters. The molecular weight excluding hydrogens is 326 g/mol. The van der Waals surface area contributed by atoms with Crippen molar-refractivity contribution in [1.29, 1.82) is 0 Å². The Labute approximate surface area is 152 Å². The van der Waals surface area contributed by atoms with E-state index in [1.807, 2.05) is 72.3 Å². The van der Waals surface area contributed by atoms with Crippen LogP contribution in [0.4, 0.5) is 0 Å². The highest BCUT2D eigenvalue weighted by Crippen LogP contribution is 2.25.